The van der Waals surface area contributed by atoms with Crippen molar-refractivity contribution < 1.29 is 23.9 Å². The van der Waals surface area contributed by atoms with E-state index >= 15 is 0 Å². The van der Waals surface area contributed by atoms with E-state index in [-0.39, 0.29) is 30.0 Å². The van der Waals surface area contributed by atoms with Crippen molar-refractivity contribution in [3.8, 4) is 11.5 Å². The molecule has 1 fully saturated rings. The molecule has 2 aliphatic heterocycles. The van der Waals surface area contributed by atoms with Crippen LogP contribution in [0.5, 0.6) is 11.5 Å². The number of aryl methyl sites for hydroxylation is 1. The number of ether oxygens (including phenoxy) is 2. The summed E-state index contributed by atoms with van der Waals surface area (Å²) in [5.41, 5.74) is 1.96. The lowest BCUT2D eigenvalue weighted by molar-refractivity contribution is -0.133. The summed E-state index contributed by atoms with van der Waals surface area (Å²) in [6, 6.07) is 13.5. The molecule has 0 radical (unpaired) electrons. The lowest BCUT2D eigenvalue weighted by Gasteiger charge is -2.26. The van der Waals surface area contributed by atoms with E-state index in [2.05, 4.69) is 26.3 Å². The minimum Gasteiger partial charge on any atom is -0.493 e. The number of nitrogens with one attached hydrogen (secondary N) is 3. The van der Waals surface area contributed by atoms with Crippen molar-refractivity contribution in [1.29, 1.82) is 0 Å². The van der Waals surface area contributed by atoms with Crippen LogP contribution >= 0.6 is 0 Å². The number of aromatic nitrogens is 3. The van der Waals surface area contributed by atoms with E-state index in [1.54, 1.807) is 27.8 Å². The van der Waals surface area contributed by atoms with Crippen molar-refractivity contribution in [1.82, 2.24) is 35.8 Å². The molecule has 0 spiro atoms. The van der Waals surface area contributed by atoms with Crippen LogP contribution in [0.4, 0.5) is 0 Å². The average molecular weight is 590 g/mol. The van der Waals surface area contributed by atoms with Crippen LogP contribution in [0.25, 0.3) is 0 Å². The number of carbonyl (C=O) groups excluding carboxylic acids is 3. The van der Waals surface area contributed by atoms with E-state index in [0.717, 1.165) is 30.6 Å². The van der Waals surface area contributed by atoms with Gasteiger partial charge in [0.1, 0.15) is 6.04 Å². The maximum Gasteiger partial charge on any atom is 0.255 e. The molecule has 5 rings (SSSR count). The molecule has 3 aromatic rings. The van der Waals surface area contributed by atoms with Gasteiger partial charge in [0.25, 0.3) is 5.91 Å². The average Bonchev–Trinajstić information content (AvgIpc) is 3.73. The fourth-order valence-electron chi connectivity index (χ4n) is 5.40. The summed E-state index contributed by atoms with van der Waals surface area (Å²) in [7, 11) is 1.52. The second kappa shape index (κ2) is 14.6. The number of amides is 3. The molecule has 1 saturated heterocycles. The highest BCUT2D eigenvalue weighted by Crippen LogP contribution is 2.31. The number of hydrogen-bond acceptors (Lipinski definition) is 8. The maximum absolute atomic E-state index is 13.6. The Morgan fingerprint density at radius 1 is 1.05 bits per heavy atom. The molecular weight excluding hydrogens is 550 g/mol. The van der Waals surface area contributed by atoms with E-state index in [9.17, 15) is 14.4 Å². The van der Waals surface area contributed by atoms with Gasteiger partial charge in [-0.25, -0.2) is 0 Å². The second-order valence-corrected chi connectivity index (χ2v) is 10.7. The molecule has 43 heavy (non-hydrogen) atoms. The molecule has 3 amide bonds. The molecular formula is C31H39N7O5. The minimum atomic E-state index is -0.856. The van der Waals surface area contributed by atoms with E-state index < -0.39 is 11.9 Å². The molecule has 12 nitrogen and oxygen atoms in total. The highest BCUT2D eigenvalue weighted by atomic mass is 16.5. The van der Waals surface area contributed by atoms with Gasteiger partial charge < -0.3 is 30.3 Å². The summed E-state index contributed by atoms with van der Waals surface area (Å²) < 4.78 is 13.3. The summed E-state index contributed by atoms with van der Waals surface area (Å²) >= 11 is 0. The number of para-hydroxylation sites is 1. The SMILES string of the molecule is COc1cccc2c1OCCCn1cc(nn1)CCN(C(=O)[C@@H]1CCCN1)CCNC(=O)[C@H](Cc1ccccc1)NC2=O. The van der Waals surface area contributed by atoms with Gasteiger partial charge in [0, 0.05) is 51.6 Å². The third-order valence-electron chi connectivity index (χ3n) is 7.70. The first-order valence-electron chi connectivity index (χ1n) is 14.9. The Morgan fingerprint density at radius 3 is 2.70 bits per heavy atom. The number of carbonyl (C=O) groups is 3. The van der Waals surface area contributed by atoms with Crippen molar-refractivity contribution in [3.63, 3.8) is 0 Å². The van der Waals surface area contributed by atoms with Crippen LogP contribution in [0, 0.1) is 0 Å². The predicted octanol–water partition coefficient (Wildman–Crippen LogP) is 1.35. The van der Waals surface area contributed by atoms with Crippen molar-refractivity contribution in [3.05, 3.63) is 71.5 Å². The minimum absolute atomic E-state index is 0.0156. The zero-order valence-corrected chi connectivity index (χ0v) is 24.5. The van der Waals surface area contributed by atoms with Gasteiger partial charge in [-0.3, -0.25) is 19.1 Å². The number of fused-ring (bicyclic) bond motifs is 3. The predicted molar refractivity (Wildman–Crippen MR) is 159 cm³/mol. The van der Waals surface area contributed by atoms with E-state index in [1.165, 1.54) is 7.11 Å². The van der Waals surface area contributed by atoms with E-state index in [4.69, 9.17) is 9.47 Å². The molecule has 2 aliphatic rings. The van der Waals surface area contributed by atoms with E-state index in [1.807, 2.05) is 36.5 Å². The smallest absolute Gasteiger partial charge is 0.255 e. The first kappa shape index (κ1) is 30.0. The first-order chi connectivity index (χ1) is 21.0. The van der Waals surface area contributed by atoms with Gasteiger partial charge in [0.2, 0.25) is 11.8 Å². The van der Waals surface area contributed by atoms with E-state index in [0.29, 0.717) is 57.0 Å². The second-order valence-electron chi connectivity index (χ2n) is 10.7. The zero-order chi connectivity index (χ0) is 30.0. The molecule has 12 heteroatoms. The molecule has 0 saturated carbocycles. The molecule has 0 aliphatic carbocycles. The highest BCUT2D eigenvalue weighted by molar-refractivity contribution is 6.00. The van der Waals surface area contributed by atoms with Crippen LogP contribution in [-0.2, 0) is 29.0 Å². The van der Waals surface area contributed by atoms with Gasteiger partial charge >= 0.3 is 0 Å². The topological polar surface area (TPSA) is 140 Å². The highest BCUT2D eigenvalue weighted by Gasteiger charge is 2.28. The Hall–Kier alpha value is -4.45. The van der Waals surface area contributed by atoms with Gasteiger partial charge in [0.05, 0.1) is 31.0 Å². The summed E-state index contributed by atoms with van der Waals surface area (Å²) in [5, 5.41) is 17.7. The summed E-state index contributed by atoms with van der Waals surface area (Å²) in [6.07, 6.45) is 5.07. The number of rotatable bonds is 4. The van der Waals surface area contributed by atoms with Crippen molar-refractivity contribution in [2.24, 2.45) is 0 Å². The Morgan fingerprint density at radius 2 is 1.91 bits per heavy atom. The number of benzene rings is 2. The van der Waals surface area contributed by atoms with Crippen LogP contribution in [0.15, 0.2) is 54.7 Å². The fraction of sp³-hybridized carbons (Fsp3) is 0.452. The van der Waals surface area contributed by atoms with Gasteiger partial charge in [-0.2, -0.15) is 0 Å². The van der Waals surface area contributed by atoms with Crippen LogP contribution < -0.4 is 25.4 Å². The molecule has 2 bridgehead atoms. The number of nitrogens with zero attached hydrogens (tertiary/aromatic N) is 4. The van der Waals surface area contributed by atoms with Crippen LogP contribution in [0.1, 0.15) is 40.9 Å². The van der Waals surface area contributed by atoms with Crippen molar-refractivity contribution in [2.75, 3.05) is 39.9 Å². The number of hydrogen-bond donors (Lipinski definition) is 3. The zero-order valence-electron chi connectivity index (χ0n) is 24.5. The van der Waals surface area contributed by atoms with Gasteiger partial charge in [-0.05, 0) is 37.1 Å². The van der Waals surface area contributed by atoms with Crippen LogP contribution in [0.2, 0.25) is 0 Å². The monoisotopic (exact) mass is 589 g/mol. The Labute approximate surface area is 251 Å². The van der Waals surface area contributed by atoms with Crippen molar-refractivity contribution >= 4 is 17.7 Å². The molecule has 2 aromatic carbocycles. The largest absolute Gasteiger partial charge is 0.493 e. The van der Waals surface area contributed by atoms with Crippen LogP contribution in [0.3, 0.4) is 0 Å². The molecule has 0 unspecified atom stereocenters. The summed E-state index contributed by atoms with van der Waals surface area (Å²) in [6.45, 7) is 2.70. The molecule has 1 aromatic heterocycles. The Balaban J connectivity index is 1.40. The van der Waals surface area contributed by atoms with Gasteiger partial charge in [-0.1, -0.05) is 41.6 Å². The normalized spacial score (nSPS) is 20.4. The standard InChI is InChI=1S/C31H39N7O5/c1-42-27-12-5-10-24-28(27)43-19-7-16-38-21-23(35-36-38)13-17-37(31(41)25-11-6-14-32-25)18-15-33-30(40)26(34-29(24)39)20-22-8-3-2-4-9-22/h2-5,8-10,12,21,25-26,32H,6-7,11,13-20H2,1H3,(H,33,40)(H,34,39)/t25-,26-/m0/s1. The third kappa shape index (κ3) is 7.89. The lowest BCUT2D eigenvalue weighted by atomic mass is 10.0. The van der Waals surface area contributed by atoms with Gasteiger partial charge in [0.15, 0.2) is 11.5 Å². The maximum atomic E-state index is 13.6. The molecule has 2 atom stereocenters. The van der Waals surface area contributed by atoms with Crippen LogP contribution in [-0.4, -0.2) is 89.6 Å². The summed E-state index contributed by atoms with van der Waals surface area (Å²) in [4.78, 5) is 42.3. The summed E-state index contributed by atoms with van der Waals surface area (Å²) in [5.74, 6) is -0.0370. The third-order valence-corrected chi connectivity index (χ3v) is 7.70. The quantitative estimate of drug-likeness (QED) is 0.415. The Bertz CT molecular complexity index is 1390. The number of methoxy groups -OCH3 is 1. The molecule has 3 N–H and O–H groups in total. The molecule has 3 heterocycles. The molecule has 228 valence electrons. The van der Waals surface area contributed by atoms with Crippen molar-refractivity contribution in [2.45, 2.75) is 50.7 Å². The lowest BCUT2D eigenvalue weighted by Crippen LogP contribution is -2.51. The Kier molecular flexibility index (Phi) is 10.2. The van der Waals surface area contributed by atoms with Gasteiger partial charge in [-0.15, -0.1) is 5.10 Å². The fourth-order valence-corrected chi connectivity index (χ4v) is 5.40. The first-order valence-corrected chi connectivity index (χ1v) is 14.9.